The molecular weight excluding hydrogens is 749 g/mol. The highest BCUT2D eigenvalue weighted by atomic mass is 15.1. The molecule has 2 heteroatoms. The molecule has 2 nitrogen and oxygen atoms in total. The van der Waals surface area contributed by atoms with E-state index in [4.69, 9.17) is 0 Å². The number of para-hydroxylation sites is 1. The van der Waals surface area contributed by atoms with E-state index in [9.17, 15) is 0 Å². The molecule has 292 valence electrons. The molecule has 1 aliphatic rings. The molecular formula is C60H42N2. The Bertz CT molecular complexity index is 3420. The minimum Gasteiger partial charge on any atom is -0.310 e. The lowest BCUT2D eigenvalue weighted by Gasteiger charge is -2.28. The molecule has 0 N–H and O–H groups in total. The predicted molar refractivity (Wildman–Crippen MR) is 265 cm³/mol. The summed E-state index contributed by atoms with van der Waals surface area (Å²) in [5.41, 5.74) is 13.2. The highest BCUT2D eigenvalue weighted by molar-refractivity contribution is 6.38. The van der Waals surface area contributed by atoms with Crippen molar-refractivity contribution in [3.8, 4) is 22.3 Å². The maximum atomic E-state index is 2.53. The van der Waals surface area contributed by atoms with Crippen molar-refractivity contribution in [2.45, 2.75) is 12.3 Å². The van der Waals surface area contributed by atoms with Crippen LogP contribution in [0.25, 0.3) is 82.1 Å². The normalized spacial score (nSPS) is 13.9. The monoisotopic (exact) mass is 790 g/mol. The van der Waals surface area contributed by atoms with Gasteiger partial charge in [-0.15, -0.1) is 0 Å². The third-order valence-electron chi connectivity index (χ3n) is 12.9. The van der Waals surface area contributed by atoms with Crippen LogP contribution in [0.2, 0.25) is 0 Å². The molecule has 10 aromatic carbocycles. The van der Waals surface area contributed by atoms with Crippen LogP contribution in [0.4, 0.5) is 17.1 Å². The molecule has 0 saturated heterocycles. The van der Waals surface area contributed by atoms with Gasteiger partial charge in [-0.2, -0.15) is 0 Å². The van der Waals surface area contributed by atoms with Gasteiger partial charge in [-0.3, -0.25) is 0 Å². The van der Waals surface area contributed by atoms with Gasteiger partial charge >= 0.3 is 0 Å². The van der Waals surface area contributed by atoms with Gasteiger partial charge in [0.15, 0.2) is 0 Å². The third-order valence-corrected chi connectivity index (χ3v) is 12.9. The number of nitrogens with zero attached hydrogens (tertiary/aromatic N) is 2. The minimum absolute atomic E-state index is 0.361. The van der Waals surface area contributed by atoms with Crippen molar-refractivity contribution in [3.05, 3.63) is 242 Å². The van der Waals surface area contributed by atoms with Crippen LogP contribution in [0.15, 0.2) is 237 Å². The topological polar surface area (TPSA) is 8.17 Å². The van der Waals surface area contributed by atoms with E-state index in [1.165, 1.54) is 87.6 Å². The Morgan fingerprint density at radius 2 is 0.903 bits per heavy atom. The van der Waals surface area contributed by atoms with Crippen LogP contribution in [0.3, 0.4) is 0 Å². The predicted octanol–water partition coefficient (Wildman–Crippen LogP) is 16.6. The van der Waals surface area contributed by atoms with Crippen molar-refractivity contribution in [1.29, 1.82) is 0 Å². The molecule has 11 aromatic rings. The van der Waals surface area contributed by atoms with E-state index in [1.807, 2.05) is 0 Å². The number of rotatable bonds is 7. The van der Waals surface area contributed by atoms with Gasteiger partial charge in [-0.1, -0.05) is 194 Å². The van der Waals surface area contributed by atoms with Crippen molar-refractivity contribution in [1.82, 2.24) is 4.57 Å². The molecule has 1 aliphatic carbocycles. The molecule has 0 saturated carbocycles. The lowest BCUT2D eigenvalue weighted by atomic mass is 9.91. The first kappa shape index (κ1) is 36.0. The smallest absolute Gasteiger partial charge is 0.0626 e. The lowest BCUT2D eigenvalue weighted by Crippen LogP contribution is -2.10. The minimum atomic E-state index is 0.361. The largest absolute Gasteiger partial charge is 0.310 e. The van der Waals surface area contributed by atoms with Gasteiger partial charge in [0.25, 0.3) is 0 Å². The molecule has 0 amide bonds. The molecule has 62 heavy (non-hydrogen) atoms. The maximum absolute atomic E-state index is 2.53. The van der Waals surface area contributed by atoms with E-state index in [0.29, 0.717) is 5.92 Å². The molecule has 0 radical (unpaired) electrons. The van der Waals surface area contributed by atoms with Crippen molar-refractivity contribution >= 4 is 76.9 Å². The zero-order valence-corrected chi connectivity index (χ0v) is 34.2. The van der Waals surface area contributed by atoms with Gasteiger partial charge < -0.3 is 9.47 Å². The Hall–Kier alpha value is -7.94. The standard InChI is InChI=1S/C60H42N2/c1-4-16-41(17-5-1)44-28-34-47(35-29-44)61(48-36-30-45(31-37-48)42-18-6-2-7-19-42)57-40-55-50-22-10-13-25-53(50)60-59(58(55)52-24-12-11-23-51(52)57)54-26-14-15-27-56(54)62(60)49-38-32-46(33-39-49)43-20-8-3-9-21-43/h1-32,34-40,46H,33H2. The fourth-order valence-corrected chi connectivity index (χ4v) is 9.98. The van der Waals surface area contributed by atoms with E-state index < -0.39 is 0 Å². The van der Waals surface area contributed by atoms with Gasteiger partial charge in [-0.25, -0.2) is 0 Å². The van der Waals surface area contributed by atoms with Crippen LogP contribution in [0.1, 0.15) is 17.9 Å². The van der Waals surface area contributed by atoms with Crippen LogP contribution in [0, 0.1) is 0 Å². The van der Waals surface area contributed by atoms with Crippen molar-refractivity contribution in [2.75, 3.05) is 4.90 Å². The molecule has 12 rings (SSSR count). The van der Waals surface area contributed by atoms with Crippen molar-refractivity contribution in [3.63, 3.8) is 0 Å². The van der Waals surface area contributed by atoms with E-state index in [-0.39, 0.29) is 0 Å². The van der Waals surface area contributed by atoms with Crippen molar-refractivity contribution in [2.24, 2.45) is 0 Å². The summed E-state index contributed by atoms with van der Waals surface area (Å²) in [4.78, 5) is 2.45. The molecule has 0 fully saturated rings. The van der Waals surface area contributed by atoms with Gasteiger partial charge in [-0.05, 0) is 92.9 Å². The number of aromatic nitrogens is 1. The summed E-state index contributed by atoms with van der Waals surface area (Å²) in [6.07, 6.45) is 8.13. The van der Waals surface area contributed by atoms with Crippen LogP contribution >= 0.6 is 0 Å². The second-order valence-electron chi connectivity index (χ2n) is 16.4. The number of hydrogen-bond donors (Lipinski definition) is 0. The van der Waals surface area contributed by atoms with Gasteiger partial charge in [0.2, 0.25) is 0 Å². The number of benzene rings is 10. The Morgan fingerprint density at radius 1 is 0.403 bits per heavy atom. The SMILES string of the molecule is C1=CC(c2ccccc2)CC=C1n1c2ccccc2c2c3c4ccccc4c(N(c4ccc(-c5ccccc5)cc4)c4ccc(-c5ccccc5)cc4)cc3c3ccccc3c21. The summed E-state index contributed by atoms with van der Waals surface area (Å²) in [5.74, 6) is 0.361. The second kappa shape index (κ2) is 15.0. The quantitative estimate of drug-likeness (QED) is 0.146. The zero-order chi connectivity index (χ0) is 41.0. The average molecular weight is 791 g/mol. The number of fused-ring (bicyclic) bond motifs is 10. The van der Waals surface area contributed by atoms with E-state index in [0.717, 1.165) is 23.5 Å². The molecule has 0 bridgehead atoms. The van der Waals surface area contributed by atoms with Crippen LogP contribution in [-0.2, 0) is 0 Å². The van der Waals surface area contributed by atoms with E-state index in [2.05, 4.69) is 246 Å². The Kier molecular flexibility index (Phi) is 8.67. The fraction of sp³-hybridized carbons (Fsp3) is 0.0333. The van der Waals surface area contributed by atoms with Gasteiger partial charge in [0.05, 0.1) is 16.7 Å². The summed E-state index contributed by atoms with van der Waals surface area (Å²) < 4.78 is 2.53. The maximum Gasteiger partial charge on any atom is 0.0626 e. The molecule has 0 aliphatic heterocycles. The van der Waals surface area contributed by atoms with Gasteiger partial charge in [0, 0.05) is 49.9 Å². The Morgan fingerprint density at radius 3 is 1.50 bits per heavy atom. The molecule has 1 aromatic heterocycles. The first-order chi connectivity index (χ1) is 30.8. The van der Waals surface area contributed by atoms with Crippen LogP contribution in [0.5, 0.6) is 0 Å². The zero-order valence-electron chi connectivity index (χ0n) is 34.2. The number of anilines is 3. The molecule has 1 heterocycles. The summed E-state index contributed by atoms with van der Waals surface area (Å²) in [5, 5.41) is 10.0. The highest BCUT2D eigenvalue weighted by Crippen LogP contribution is 2.49. The number of hydrogen-bond acceptors (Lipinski definition) is 1. The lowest BCUT2D eigenvalue weighted by molar-refractivity contribution is 0.850. The number of allylic oxidation sites excluding steroid dienone is 4. The molecule has 0 spiro atoms. The highest BCUT2D eigenvalue weighted by Gasteiger charge is 2.25. The fourth-order valence-electron chi connectivity index (χ4n) is 9.98. The summed E-state index contributed by atoms with van der Waals surface area (Å²) in [6, 6.07) is 79.8. The first-order valence-electron chi connectivity index (χ1n) is 21.6. The molecule has 1 atom stereocenters. The Balaban J connectivity index is 1.12. The van der Waals surface area contributed by atoms with Crippen molar-refractivity contribution < 1.29 is 0 Å². The van der Waals surface area contributed by atoms with Crippen LogP contribution in [-0.4, -0.2) is 4.57 Å². The summed E-state index contributed by atoms with van der Waals surface area (Å²) in [7, 11) is 0. The van der Waals surface area contributed by atoms with Crippen LogP contribution < -0.4 is 4.90 Å². The summed E-state index contributed by atoms with van der Waals surface area (Å²) >= 11 is 0. The molecule has 1 unspecified atom stereocenters. The van der Waals surface area contributed by atoms with E-state index in [1.54, 1.807) is 0 Å². The third kappa shape index (κ3) is 5.95. The van der Waals surface area contributed by atoms with Gasteiger partial charge in [0.1, 0.15) is 0 Å². The first-order valence-corrected chi connectivity index (χ1v) is 21.6. The second-order valence-corrected chi connectivity index (χ2v) is 16.4. The average Bonchev–Trinajstić information content (AvgIpc) is 3.71. The van der Waals surface area contributed by atoms with E-state index >= 15 is 0 Å². The Labute approximate surface area is 361 Å². The summed E-state index contributed by atoms with van der Waals surface area (Å²) in [6.45, 7) is 0.